The molecule has 0 spiro atoms. The highest BCUT2D eigenvalue weighted by atomic mass is 16.2. The van der Waals surface area contributed by atoms with E-state index in [0.29, 0.717) is 24.5 Å². The third-order valence-corrected chi connectivity index (χ3v) is 3.91. The van der Waals surface area contributed by atoms with Crippen LogP contribution < -0.4 is 16.4 Å². The van der Waals surface area contributed by atoms with Gasteiger partial charge in [0.05, 0.1) is 5.92 Å². The number of benzene rings is 1. The Morgan fingerprint density at radius 3 is 2.61 bits per heavy atom. The minimum Gasteiger partial charge on any atom is -0.351 e. The molecule has 7 nitrogen and oxygen atoms in total. The van der Waals surface area contributed by atoms with Crippen molar-refractivity contribution in [2.75, 3.05) is 23.7 Å². The molecule has 2 rings (SSSR count). The molecule has 1 aliphatic heterocycles. The van der Waals surface area contributed by atoms with Gasteiger partial charge in [-0.25, -0.2) is 4.79 Å². The van der Waals surface area contributed by atoms with Gasteiger partial charge in [0.1, 0.15) is 0 Å². The lowest BCUT2D eigenvalue weighted by atomic mass is 9.97. The SMILES string of the molecule is CC(=O)Nc1ccc(NC(=O)[C@H]2CCCN(C(N)=O)C2)cc1C. The highest BCUT2D eigenvalue weighted by molar-refractivity contribution is 5.94. The standard InChI is InChI=1S/C16H22N4O3/c1-10-8-13(5-6-14(10)18-11(2)21)19-15(22)12-4-3-7-20(9-12)16(17)23/h5-6,8,12H,3-4,7,9H2,1-2H3,(H2,17,23)(H,18,21)(H,19,22)/t12-/m0/s1. The van der Waals surface area contributed by atoms with Gasteiger partial charge in [-0.3, -0.25) is 9.59 Å². The van der Waals surface area contributed by atoms with Crippen LogP contribution in [0.4, 0.5) is 16.2 Å². The molecule has 1 aromatic carbocycles. The number of nitrogens with two attached hydrogens (primary N) is 1. The van der Waals surface area contributed by atoms with E-state index in [1.54, 1.807) is 18.2 Å². The maximum atomic E-state index is 12.4. The molecule has 1 aromatic rings. The van der Waals surface area contributed by atoms with Gasteiger partial charge in [0.25, 0.3) is 0 Å². The number of amides is 4. The normalized spacial score (nSPS) is 17.5. The number of piperidine rings is 1. The Morgan fingerprint density at radius 1 is 1.26 bits per heavy atom. The van der Waals surface area contributed by atoms with Crippen molar-refractivity contribution in [3.05, 3.63) is 23.8 Å². The van der Waals surface area contributed by atoms with Gasteiger partial charge in [-0.2, -0.15) is 0 Å². The van der Waals surface area contributed by atoms with Crippen LogP contribution in [0.1, 0.15) is 25.3 Å². The molecule has 0 aromatic heterocycles. The third kappa shape index (κ3) is 4.45. The topological polar surface area (TPSA) is 105 Å². The first-order valence-electron chi connectivity index (χ1n) is 7.60. The molecule has 1 aliphatic rings. The first-order chi connectivity index (χ1) is 10.9. The Hall–Kier alpha value is -2.57. The second kappa shape index (κ2) is 7.13. The molecule has 7 heteroatoms. The molecule has 4 amide bonds. The van der Waals surface area contributed by atoms with Crippen LogP contribution in [0.25, 0.3) is 0 Å². The minimum absolute atomic E-state index is 0.123. The van der Waals surface area contributed by atoms with Crippen LogP contribution in [-0.4, -0.2) is 35.8 Å². The number of primary amides is 1. The fraction of sp³-hybridized carbons (Fsp3) is 0.438. The summed E-state index contributed by atoms with van der Waals surface area (Å²) in [5.41, 5.74) is 7.52. The summed E-state index contributed by atoms with van der Waals surface area (Å²) in [7, 11) is 0. The molecular weight excluding hydrogens is 296 g/mol. The second-order valence-electron chi connectivity index (χ2n) is 5.82. The van der Waals surface area contributed by atoms with Gasteiger partial charge >= 0.3 is 6.03 Å². The van der Waals surface area contributed by atoms with E-state index in [1.165, 1.54) is 11.8 Å². The molecule has 1 heterocycles. The number of carbonyl (C=O) groups is 3. The van der Waals surface area contributed by atoms with Crippen LogP contribution >= 0.6 is 0 Å². The molecule has 0 unspecified atom stereocenters. The molecule has 23 heavy (non-hydrogen) atoms. The summed E-state index contributed by atoms with van der Waals surface area (Å²) in [6.45, 7) is 4.26. The largest absolute Gasteiger partial charge is 0.351 e. The molecule has 124 valence electrons. The maximum absolute atomic E-state index is 12.4. The zero-order chi connectivity index (χ0) is 17.0. The number of hydrogen-bond acceptors (Lipinski definition) is 3. The van der Waals surface area contributed by atoms with Crippen molar-refractivity contribution in [3.8, 4) is 0 Å². The zero-order valence-electron chi connectivity index (χ0n) is 13.4. The zero-order valence-corrected chi connectivity index (χ0v) is 13.4. The van der Waals surface area contributed by atoms with Crippen molar-refractivity contribution in [2.45, 2.75) is 26.7 Å². The lowest BCUT2D eigenvalue weighted by Crippen LogP contribution is -2.46. The number of likely N-dealkylation sites (tertiary alicyclic amines) is 1. The number of hydrogen-bond donors (Lipinski definition) is 3. The Bertz CT molecular complexity index is 630. The predicted octanol–water partition coefficient (Wildman–Crippen LogP) is 1.68. The number of carbonyl (C=O) groups excluding carboxylic acids is 3. The van der Waals surface area contributed by atoms with E-state index < -0.39 is 6.03 Å². The first-order valence-corrected chi connectivity index (χ1v) is 7.60. The van der Waals surface area contributed by atoms with E-state index in [2.05, 4.69) is 10.6 Å². The fourth-order valence-electron chi connectivity index (χ4n) is 2.71. The van der Waals surface area contributed by atoms with Crippen LogP contribution in [0.2, 0.25) is 0 Å². The van der Waals surface area contributed by atoms with E-state index in [-0.39, 0.29) is 17.7 Å². The van der Waals surface area contributed by atoms with Crippen molar-refractivity contribution < 1.29 is 14.4 Å². The molecule has 1 saturated heterocycles. The monoisotopic (exact) mass is 318 g/mol. The summed E-state index contributed by atoms with van der Waals surface area (Å²) in [6, 6.07) is 4.81. The van der Waals surface area contributed by atoms with E-state index in [0.717, 1.165) is 18.4 Å². The number of urea groups is 1. The number of aryl methyl sites for hydroxylation is 1. The van der Waals surface area contributed by atoms with Crippen LogP contribution in [-0.2, 0) is 9.59 Å². The molecule has 1 fully saturated rings. The van der Waals surface area contributed by atoms with Crippen LogP contribution in [0.3, 0.4) is 0 Å². The minimum atomic E-state index is -0.488. The van der Waals surface area contributed by atoms with Gasteiger partial charge in [-0.1, -0.05) is 0 Å². The van der Waals surface area contributed by atoms with Crippen LogP contribution in [0, 0.1) is 12.8 Å². The van der Waals surface area contributed by atoms with Crippen molar-refractivity contribution in [3.63, 3.8) is 0 Å². The fourth-order valence-corrected chi connectivity index (χ4v) is 2.71. The Balaban J connectivity index is 2.01. The molecule has 1 atom stereocenters. The average molecular weight is 318 g/mol. The van der Waals surface area contributed by atoms with Gasteiger partial charge in [-0.05, 0) is 43.5 Å². The molecule has 0 bridgehead atoms. The van der Waals surface area contributed by atoms with Crippen LogP contribution in [0.5, 0.6) is 0 Å². The summed E-state index contributed by atoms with van der Waals surface area (Å²) in [4.78, 5) is 36.2. The molecule has 0 aliphatic carbocycles. The van der Waals surface area contributed by atoms with Gasteiger partial charge < -0.3 is 21.3 Å². The van der Waals surface area contributed by atoms with E-state index in [9.17, 15) is 14.4 Å². The summed E-state index contributed by atoms with van der Waals surface area (Å²) in [5.74, 6) is -0.521. The smallest absolute Gasteiger partial charge is 0.314 e. The Morgan fingerprint density at radius 2 is 2.00 bits per heavy atom. The highest BCUT2D eigenvalue weighted by Crippen LogP contribution is 2.22. The van der Waals surface area contributed by atoms with Gasteiger partial charge in [0.15, 0.2) is 0 Å². The van der Waals surface area contributed by atoms with Crippen LogP contribution in [0.15, 0.2) is 18.2 Å². The van der Waals surface area contributed by atoms with Gasteiger partial charge in [-0.15, -0.1) is 0 Å². The van der Waals surface area contributed by atoms with E-state index in [4.69, 9.17) is 5.73 Å². The number of rotatable bonds is 3. The summed E-state index contributed by atoms with van der Waals surface area (Å²) >= 11 is 0. The number of anilines is 2. The molecular formula is C16H22N4O3. The van der Waals surface area contributed by atoms with Crippen molar-refractivity contribution in [1.29, 1.82) is 0 Å². The lowest BCUT2D eigenvalue weighted by molar-refractivity contribution is -0.121. The molecule has 0 radical (unpaired) electrons. The highest BCUT2D eigenvalue weighted by Gasteiger charge is 2.27. The van der Waals surface area contributed by atoms with E-state index in [1.807, 2.05) is 6.92 Å². The van der Waals surface area contributed by atoms with Crippen molar-refractivity contribution in [1.82, 2.24) is 4.90 Å². The van der Waals surface area contributed by atoms with E-state index >= 15 is 0 Å². The van der Waals surface area contributed by atoms with Crippen molar-refractivity contribution >= 4 is 29.2 Å². The van der Waals surface area contributed by atoms with Gasteiger partial charge in [0, 0.05) is 31.4 Å². The summed E-state index contributed by atoms with van der Waals surface area (Å²) < 4.78 is 0. The number of nitrogens with zero attached hydrogens (tertiary/aromatic N) is 1. The Labute approximate surface area is 135 Å². The predicted molar refractivity (Wildman–Crippen MR) is 88.0 cm³/mol. The van der Waals surface area contributed by atoms with Gasteiger partial charge in [0.2, 0.25) is 11.8 Å². The quantitative estimate of drug-likeness (QED) is 0.789. The number of nitrogens with one attached hydrogen (secondary N) is 2. The summed E-state index contributed by atoms with van der Waals surface area (Å²) in [5, 5.41) is 5.59. The lowest BCUT2D eigenvalue weighted by Gasteiger charge is -2.30. The third-order valence-electron chi connectivity index (χ3n) is 3.91. The Kier molecular flexibility index (Phi) is 5.20. The first kappa shape index (κ1) is 16.8. The average Bonchev–Trinajstić information content (AvgIpc) is 2.49. The second-order valence-corrected chi connectivity index (χ2v) is 5.82. The maximum Gasteiger partial charge on any atom is 0.314 e. The molecule has 0 saturated carbocycles. The molecule has 4 N–H and O–H groups in total. The summed E-state index contributed by atoms with van der Waals surface area (Å²) in [6.07, 6.45) is 1.50. The van der Waals surface area contributed by atoms with Crippen molar-refractivity contribution in [2.24, 2.45) is 11.7 Å².